The third kappa shape index (κ3) is 5.40. The Kier molecular flexibility index (Phi) is 6.98. The van der Waals surface area contributed by atoms with Gasteiger partial charge in [0.05, 0.1) is 10.3 Å². The first-order chi connectivity index (χ1) is 14.0. The first kappa shape index (κ1) is 21.4. The van der Waals surface area contributed by atoms with Crippen LogP contribution in [0.25, 0.3) is 0 Å². The largest absolute Gasteiger partial charge is 0.317 e. The Morgan fingerprint density at radius 3 is 2.31 bits per heavy atom. The number of hydrogen-bond acceptors (Lipinski definition) is 6. The zero-order valence-corrected chi connectivity index (χ0v) is 17.4. The Labute approximate surface area is 175 Å². The van der Waals surface area contributed by atoms with Gasteiger partial charge in [-0.1, -0.05) is 35.9 Å². The summed E-state index contributed by atoms with van der Waals surface area (Å²) in [5.74, 6) is 2.14. The number of piperidine rings is 1. The van der Waals surface area contributed by atoms with E-state index >= 15 is 0 Å². The third-order valence-corrected chi connectivity index (χ3v) is 7.21. The number of hydroxylamine groups is 1. The van der Waals surface area contributed by atoms with Gasteiger partial charge in [-0.15, -0.1) is 0 Å². The molecule has 6 nitrogen and oxygen atoms in total. The fourth-order valence-electron chi connectivity index (χ4n) is 3.18. The second kappa shape index (κ2) is 9.46. The van der Waals surface area contributed by atoms with Crippen LogP contribution in [0, 0.1) is 16.6 Å². The van der Waals surface area contributed by atoms with Gasteiger partial charge in [0.2, 0.25) is 9.84 Å². The SMILES string of the molecule is O=C(NO)C1(CC#CS(=O)(=O)c2ccc(Sc3ccccc3)cc2)CCNCC1. The van der Waals surface area contributed by atoms with Crippen LogP contribution in [0.5, 0.6) is 0 Å². The van der Waals surface area contributed by atoms with Crippen molar-refractivity contribution in [3.63, 3.8) is 0 Å². The number of amides is 1. The number of benzene rings is 2. The normalized spacial score (nSPS) is 15.8. The molecule has 8 heteroatoms. The van der Waals surface area contributed by atoms with E-state index in [1.165, 1.54) is 12.1 Å². The number of nitrogens with one attached hydrogen (secondary N) is 2. The average molecular weight is 431 g/mol. The van der Waals surface area contributed by atoms with Crippen molar-refractivity contribution in [3.8, 4) is 11.2 Å². The first-order valence-corrected chi connectivity index (χ1v) is 11.5. The molecule has 0 unspecified atom stereocenters. The lowest BCUT2D eigenvalue weighted by molar-refractivity contribution is -0.141. The summed E-state index contributed by atoms with van der Waals surface area (Å²) in [4.78, 5) is 14.2. The molecule has 2 aromatic carbocycles. The van der Waals surface area contributed by atoms with Crippen LogP contribution in [0.3, 0.4) is 0 Å². The molecule has 1 fully saturated rings. The van der Waals surface area contributed by atoms with Gasteiger partial charge in [-0.25, -0.2) is 13.9 Å². The van der Waals surface area contributed by atoms with Crippen LogP contribution in [-0.2, 0) is 14.6 Å². The van der Waals surface area contributed by atoms with Crippen LogP contribution in [0.2, 0.25) is 0 Å². The second-order valence-electron chi connectivity index (χ2n) is 6.82. The average Bonchev–Trinajstić information content (AvgIpc) is 2.75. The summed E-state index contributed by atoms with van der Waals surface area (Å²) in [7, 11) is -3.79. The lowest BCUT2D eigenvalue weighted by Gasteiger charge is -2.33. The highest BCUT2D eigenvalue weighted by Crippen LogP contribution is 2.33. The highest BCUT2D eigenvalue weighted by molar-refractivity contribution is 7.99. The Bertz CT molecular complexity index is 1000. The fraction of sp³-hybridized carbons (Fsp3) is 0.286. The molecule has 0 saturated carbocycles. The molecule has 1 amide bonds. The van der Waals surface area contributed by atoms with Gasteiger partial charge in [-0.2, -0.15) is 0 Å². The Balaban J connectivity index is 1.72. The topological polar surface area (TPSA) is 95.5 Å². The zero-order valence-electron chi connectivity index (χ0n) is 15.7. The van der Waals surface area contributed by atoms with E-state index in [1.54, 1.807) is 29.4 Å². The van der Waals surface area contributed by atoms with Gasteiger partial charge in [-0.05, 0) is 62.3 Å². The van der Waals surface area contributed by atoms with E-state index in [0.717, 1.165) is 9.79 Å². The van der Waals surface area contributed by atoms with E-state index in [9.17, 15) is 13.2 Å². The quantitative estimate of drug-likeness (QED) is 0.292. The second-order valence-corrected chi connectivity index (χ2v) is 9.65. The summed E-state index contributed by atoms with van der Waals surface area (Å²) in [6.45, 7) is 1.23. The molecule has 152 valence electrons. The lowest BCUT2D eigenvalue weighted by Crippen LogP contribution is -2.46. The van der Waals surface area contributed by atoms with Crippen LogP contribution in [0.1, 0.15) is 19.3 Å². The summed E-state index contributed by atoms with van der Waals surface area (Å²) >= 11 is 1.54. The van der Waals surface area contributed by atoms with Gasteiger partial charge in [0, 0.05) is 21.5 Å². The van der Waals surface area contributed by atoms with Gasteiger partial charge in [-0.3, -0.25) is 10.0 Å². The van der Waals surface area contributed by atoms with Crippen LogP contribution in [-0.4, -0.2) is 32.6 Å². The summed E-state index contributed by atoms with van der Waals surface area (Å²) in [6.07, 6.45) is 1.04. The van der Waals surface area contributed by atoms with Crippen molar-refractivity contribution in [1.82, 2.24) is 10.8 Å². The maximum absolute atomic E-state index is 12.5. The summed E-state index contributed by atoms with van der Waals surface area (Å²) in [5, 5.41) is 14.5. The zero-order chi connectivity index (χ0) is 20.7. The predicted octanol–water partition coefficient (Wildman–Crippen LogP) is 2.84. The molecule has 1 saturated heterocycles. The highest BCUT2D eigenvalue weighted by atomic mass is 32.2. The minimum atomic E-state index is -3.79. The molecular weight excluding hydrogens is 408 g/mol. The number of carbonyl (C=O) groups is 1. The number of hydrogen-bond donors (Lipinski definition) is 3. The molecule has 0 bridgehead atoms. The van der Waals surface area contributed by atoms with Gasteiger partial charge in [0.1, 0.15) is 0 Å². The van der Waals surface area contributed by atoms with E-state index in [2.05, 4.69) is 16.5 Å². The molecule has 1 aliphatic heterocycles. The van der Waals surface area contributed by atoms with Crippen molar-refractivity contribution in [2.45, 2.75) is 33.9 Å². The molecule has 29 heavy (non-hydrogen) atoms. The minimum absolute atomic E-state index is 0.0717. The van der Waals surface area contributed by atoms with Crippen molar-refractivity contribution >= 4 is 27.5 Å². The molecule has 1 heterocycles. The van der Waals surface area contributed by atoms with Gasteiger partial charge >= 0.3 is 0 Å². The van der Waals surface area contributed by atoms with Crippen LogP contribution in [0.4, 0.5) is 0 Å². The Morgan fingerprint density at radius 2 is 1.69 bits per heavy atom. The minimum Gasteiger partial charge on any atom is -0.317 e. The molecule has 2 aromatic rings. The van der Waals surface area contributed by atoms with E-state index in [1.807, 2.05) is 30.3 Å². The maximum Gasteiger partial charge on any atom is 0.250 e. The maximum atomic E-state index is 12.5. The summed E-state index contributed by atoms with van der Waals surface area (Å²) in [5.41, 5.74) is 0.818. The smallest absolute Gasteiger partial charge is 0.250 e. The summed E-state index contributed by atoms with van der Waals surface area (Å²) in [6, 6.07) is 16.4. The molecule has 0 atom stereocenters. The Hall–Kier alpha value is -2.31. The fourth-order valence-corrected chi connectivity index (χ4v) is 4.89. The number of sulfone groups is 1. The van der Waals surface area contributed by atoms with E-state index < -0.39 is 21.2 Å². The Morgan fingerprint density at radius 1 is 1.07 bits per heavy atom. The first-order valence-electron chi connectivity index (χ1n) is 9.18. The van der Waals surface area contributed by atoms with Crippen molar-refractivity contribution < 1.29 is 18.4 Å². The van der Waals surface area contributed by atoms with E-state index in [0.29, 0.717) is 25.9 Å². The number of carbonyl (C=O) groups excluding carboxylic acids is 1. The van der Waals surface area contributed by atoms with Crippen molar-refractivity contribution in [2.75, 3.05) is 13.1 Å². The van der Waals surface area contributed by atoms with E-state index in [-0.39, 0.29) is 11.3 Å². The van der Waals surface area contributed by atoms with Crippen molar-refractivity contribution in [2.24, 2.45) is 5.41 Å². The summed E-state index contributed by atoms with van der Waals surface area (Å²) < 4.78 is 25.1. The van der Waals surface area contributed by atoms with Crippen molar-refractivity contribution in [3.05, 3.63) is 54.6 Å². The highest BCUT2D eigenvalue weighted by Gasteiger charge is 2.38. The molecule has 0 aromatic heterocycles. The van der Waals surface area contributed by atoms with Gasteiger partial charge in [0.15, 0.2) is 0 Å². The molecule has 3 rings (SSSR count). The molecule has 0 aliphatic carbocycles. The standard InChI is InChI=1S/C21H22N2O4S2/c24-20(23-25)21(12-14-22-15-13-21)11-4-16-29(26,27)19-9-7-18(8-10-19)28-17-5-2-1-3-6-17/h1-3,5-10,22,25H,11-15H2,(H,23,24). The number of rotatable bonds is 5. The van der Waals surface area contributed by atoms with Crippen LogP contribution < -0.4 is 10.8 Å². The molecule has 3 N–H and O–H groups in total. The third-order valence-electron chi connectivity index (χ3n) is 4.89. The molecular formula is C21H22N2O4S2. The van der Waals surface area contributed by atoms with Crippen molar-refractivity contribution in [1.29, 1.82) is 0 Å². The van der Waals surface area contributed by atoms with Crippen LogP contribution >= 0.6 is 11.8 Å². The molecule has 0 spiro atoms. The van der Waals surface area contributed by atoms with Gasteiger partial charge < -0.3 is 5.32 Å². The van der Waals surface area contributed by atoms with E-state index in [4.69, 9.17) is 5.21 Å². The molecule has 0 radical (unpaired) electrons. The van der Waals surface area contributed by atoms with Crippen LogP contribution in [0.15, 0.2) is 69.3 Å². The lowest BCUT2D eigenvalue weighted by atomic mass is 9.76. The monoisotopic (exact) mass is 430 g/mol. The predicted molar refractivity (Wildman–Crippen MR) is 111 cm³/mol. The van der Waals surface area contributed by atoms with Gasteiger partial charge in [0.25, 0.3) is 5.91 Å². The molecule has 1 aliphatic rings.